The molecule has 7 heteroatoms. The Hall–Kier alpha value is -2.67. The summed E-state index contributed by atoms with van der Waals surface area (Å²) in [5.41, 5.74) is 2.79. The average Bonchev–Trinajstić information content (AvgIpc) is 3.23. The predicted molar refractivity (Wildman–Crippen MR) is 89.8 cm³/mol. The smallest absolute Gasteiger partial charge is 0.315 e. The van der Waals surface area contributed by atoms with Gasteiger partial charge in [-0.2, -0.15) is 5.10 Å². The van der Waals surface area contributed by atoms with E-state index in [-0.39, 0.29) is 6.03 Å². The highest BCUT2D eigenvalue weighted by Gasteiger charge is 2.04. The minimum Gasteiger partial charge on any atom is -0.334 e. The van der Waals surface area contributed by atoms with E-state index >= 15 is 0 Å². The largest absolute Gasteiger partial charge is 0.334 e. The second-order valence-electron chi connectivity index (χ2n) is 5.07. The number of pyridine rings is 1. The molecule has 3 aromatic rings. The molecule has 0 saturated carbocycles. The van der Waals surface area contributed by atoms with Crippen LogP contribution in [0.1, 0.15) is 10.4 Å². The van der Waals surface area contributed by atoms with Gasteiger partial charge < -0.3 is 10.6 Å². The Morgan fingerprint density at radius 2 is 2.09 bits per heavy atom. The second-order valence-corrected chi connectivity index (χ2v) is 6.10. The maximum absolute atomic E-state index is 11.8. The predicted octanol–water partition coefficient (Wildman–Crippen LogP) is 2.54. The summed E-state index contributed by atoms with van der Waals surface area (Å²) in [6.07, 6.45) is 5.46. The van der Waals surface area contributed by atoms with Crippen molar-refractivity contribution in [2.75, 3.05) is 0 Å². The summed E-state index contributed by atoms with van der Waals surface area (Å²) >= 11 is 1.62. The molecule has 0 fully saturated rings. The highest BCUT2D eigenvalue weighted by Crippen LogP contribution is 2.15. The van der Waals surface area contributed by atoms with Gasteiger partial charge in [-0.25, -0.2) is 4.79 Å². The molecule has 0 atom stereocenters. The van der Waals surface area contributed by atoms with Gasteiger partial charge in [0, 0.05) is 36.4 Å². The first-order valence-corrected chi connectivity index (χ1v) is 8.07. The Morgan fingerprint density at radius 1 is 1.22 bits per heavy atom. The van der Waals surface area contributed by atoms with Gasteiger partial charge in [-0.05, 0) is 23.1 Å². The molecule has 0 radical (unpaired) electrons. The zero-order chi connectivity index (χ0) is 16.1. The molecule has 0 aromatic carbocycles. The highest BCUT2D eigenvalue weighted by atomic mass is 32.1. The zero-order valence-electron chi connectivity index (χ0n) is 12.7. The monoisotopic (exact) mass is 327 g/mol. The fraction of sp³-hybridized carbons (Fsp3) is 0.188. The molecule has 2 N–H and O–H groups in total. The quantitative estimate of drug-likeness (QED) is 0.756. The third-order valence-electron chi connectivity index (χ3n) is 3.28. The van der Waals surface area contributed by atoms with Gasteiger partial charge in [0.25, 0.3) is 0 Å². The number of nitrogens with zero attached hydrogens (tertiary/aromatic N) is 3. The van der Waals surface area contributed by atoms with Gasteiger partial charge in [0.2, 0.25) is 0 Å². The summed E-state index contributed by atoms with van der Waals surface area (Å²) in [6.45, 7) is 0.984. The molecule has 0 saturated heterocycles. The summed E-state index contributed by atoms with van der Waals surface area (Å²) in [5.74, 6) is 0. The number of carbonyl (C=O) groups excluding carboxylic acids is 1. The Kier molecular flexibility index (Phi) is 4.68. The molecule has 3 aromatic heterocycles. The standard InChI is InChI=1S/C16H17N5OS/c1-21-11-13(9-20-21)15-5-4-12(7-17-15)8-18-16(22)19-10-14-3-2-6-23-14/h2-7,9,11H,8,10H2,1H3,(H2,18,19,22). The van der Waals surface area contributed by atoms with Crippen LogP contribution in [0, 0.1) is 0 Å². The van der Waals surface area contributed by atoms with Gasteiger partial charge in [-0.1, -0.05) is 12.1 Å². The molecular formula is C16H17N5OS. The average molecular weight is 327 g/mol. The summed E-state index contributed by atoms with van der Waals surface area (Å²) in [7, 11) is 1.87. The molecular weight excluding hydrogens is 310 g/mol. The van der Waals surface area contributed by atoms with Crippen molar-refractivity contribution in [3.63, 3.8) is 0 Å². The number of urea groups is 1. The molecule has 0 aliphatic carbocycles. The molecule has 0 spiro atoms. The van der Waals surface area contributed by atoms with Crippen LogP contribution >= 0.6 is 11.3 Å². The van der Waals surface area contributed by atoms with Crippen LogP contribution in [0.2, 0.25) is 0 Å². The van der Waals surface area contributed by atoms with Gasteiger partial charge in [-0.15, -0.1) is 11.3 Å². The van der Waals surface area contributed by atoms with Gasteiger partial charge in [-0.3, -0.25) is 9.67 Å². The van der Waals surface area contributed by atoms with E-state index in [1.165, 1.54) is 0 Å². The first-order chi connectivity index (χ1) is 11.2. The number of aryl methyl sites for hydroxylation is 1. The molecule has 0 unspecified atom stereocenters. The molecule has 2 amide bonds. The maximum Gasteiger partial charge on any atom is 0.315 e. The molecule has 118 valence electrons. The molecule has 3 heterocycles. The fourth-order valence-electron chi connectivity index (χ4n) is 2.08. The lowest BCUT2D eigenvalue weighted by Crippen LogP contribution is -2.34. The van der Waals surface area contributed by atoms with E-state index in [9.17, 15) is 4.79 Å². The van der Waals surface area contributed by atoms with Crippen molar-refractivity contribution in [1.82, 2.24) is 25.4 Å². The highest BCUT2D eigenvalue weighted by molar-refractivity contribution is 7.09. The summed E-state index contributed by atoms with van der Waals surface area (Å²) in [5, 5.41) is 11.8. The number of aromatic nitrogens is 3. The van der Waals surface area contributed by atoms with E-state index in [0.717, 1.165) is 21.7 Å². The van der Waals surface area contributed by atoms with E-state index in [0.29, 0.717) is 13.1 Å². The number of carbonyl (C=O) groups is 1. The van der Waals surface area contributed by atoms with Crippen LogP contribution in [0.4, 0.5) is 4.79 Å². The van der Waals surface area contributed by atoms with E-state index in [2.05, 4.69) is 20.7 Å². The van der Waals surface area contributed by atoms with Gasteiger partial charge in [0.15, 0.2) is 0 Å². The van der Waals surface area contributed by atoms with Gasteiger partial charge in [0.1, 0.15) is 0 Å². The lowest BCUT2D eigenvalue weighted by molar-refractivity contribution is 0.240. The van der Waals surface area contributed by atoms with Crippen LogP contribution in [0.3, 0.4) is 0 Å². The molecule has 0 bridgehead atoms. The minimum absolute atomic E-state index is 0.185. The summed E-state index contributed by atoms with van der Waals surface area (Å²) < 4.78 is 1.74. The number of thiophene rings is 1. The third kappa shape index (κ3) is 4.17. The van der Waals surface area contributed by atoms with Crippen molar-refractivity contribution in [1.29, 1.82) is 0 Å². The minimum atomic E-state index is -0.185. The summed E-state index contributed by atoms with van der Waals surface area (Å²) in [4.78, 5) is 17.3. The molecule has 0 aliphatic heterocycles. The Balaban J connectivity index is 1.49. The Labute approximate surface area is 138 Å². The molecule has 6 nitrogen and oxygen atoms in total. The lowest BCUT2D eigenvalue weighted by atomic mass is 10.2. The van der Waals surface area contributed by atoms with E-state index in [1.807, 2.05) is 42.9 Å². The normalized spacial score (nSPS) is 10.5. The third-order valence-corrected chi connectivity index (χ3v) is 4.16. The molecule has 23 heavy (non-hydrogen) atoms. The van der Waals surface area contributed by atoms with E-state index in [4.69, 9.17) is 0 Å². The van der Waals surface area contributed by atoms with Crippen LogP contribution in [0.25, 0.3) is 11.3 Å². The Bertz CT molecular complexity index is 764. The number of nitrogens with one attached hydrogen (secondary N) is 2. The van der Waals surface area contributed by atoms with Gasteiger partial charge >= 0.3 is 6.03 Å². The van der Waals surface area contributed by atoms with Crippen molar-refractivity contribution in [2.24, 2.45) is 7.05 Å². The van der Waals surface area contributed by atoms with Crippen molar-refractivity contribution in [2.45, 2.75) is 13.1 Å². The van der Waals surface area contributed by atoms with Crippen molar-refractivity contribution >= 4 is 17.4 Å². The van der Waals surface area contributed by atoms with Crippen molar-refractivity contribution in [3.8, 4) is 11.3 Å². The van der Waals surface area contributed by atoms with E-state index in [1.54, 1.807) is 28.4 Å². The summed E-state index contributed by atoms with van der Waals surface area (Å²) in [6, 6.07) is 7.66. The first kappa shape index (κ1) is 15.2. The fourth-order valence-corrected chi connectivity index (χ4v) is 2.72. The number of hydrogen-bond acceptors (Lipinski definition) is 4. The van der Waals surface area contributed by atoms with Crippen LogP contribution in [0.15, 0.2) is 48.2 Å². The van der Waals surface area contributed by atoms with Crippen LogP contribution in [0.5, 0.6) is 0 Å². The number of rotatable bonds is 5. The van der Waals surface area contributed by atoms with Crippen LogP contribution in [-0.4, -0.2) is 20.8 Å². The second kappa shape index (κ2) is 7.06. The SMILES string of the molecule is Cn1cc(-c2ccc(CNC(=O)NCc3cccs3)cn2)cn1. The van der Waals surface area contributed by atoms with E-state index < -0.39 is 0 Å². The first-order valence-electron chi connectivity index (χ1n) is 7.19. The van der Waals surface area contributed by atoms with Crippen molar-refractivity contribution in [3.05, 3.63) is 58.7 Å². The van der Waals surface area contributed by atoms with Crippen LogP contribution < -0.4 is 10.6 Å². The van der Waals surface area contributed by atoms with Crippen molar-refractivity contribution < 1.29 is 4.79 Å². The molecule has 0 aliphatic rings. The van der Waals surface area contributed by atoms with Gasteiger partial charge in [0.05, 0.1) is 18.4 Å². The molecule has 3 rings (SSSR count). The van der Waals surface area contributed by atoms with Crippen LogP contribution in [-0.2, 0) is 20.1 Å². The topological polar surface area (TPSA) is 71.8 Å². The maximum atomic E-state index is 11.8. The number of hydrogen-bond donors (Lipinski definition) is 2. The Morgan fingerprint density at radius 3 is 2.74 bits per heavy atom. The zero-order valence-corrected chi connectivity index (χ0v) is 13.5. The lowest BCUT2D eigenvalue weighted by Gasteiger charge is -2.07. The number of amides is 2.